The third-order valence-corrected chi connectivity index (χ3v) is 2.65. The first-order valence-corrected chi connectivity index (χ1v) is 6.00. The van der Waals surface area contributed by atoms with Crippen LogP contribution in [0.15, 0.2) is 24.3 Å². The van der Waals surface area contributed by atoms with Crippen molar-refractivity contribution >= 4 is 5.97 Å². The molecule has 0 bridgehead atoms. The Balaban J connectivity index is 2.68. The van der Waals surface area contributed by atoms with E-state index in [4.69, 9.17) is 9.47 Å². The minimum atomic E-state index is -0.274. The number of ether oxygens (including phenoxy) is 2. The summed E-state index contributed by atoms with van der Waals surface area (Å²) in [6.07, 6.45) is 1.50. The summed E-state index contributed by atoms with van der Waals surface area (Å²) in [6, 6.07) is 7.54. The highest BCUT2D eigenvalue weighted by Gasteiger charge is 2.14. The average molecular weight is 236 g/mol. The number of rotatable bonds is 6. The van der Waals surface area contributed by atoms with Gasteiger partial charge < -0.3 is 9.47 Å². The van der Waals surface area contributed by atoms with Crippen LogP contribution in [0.4, 0.5) is 0 Å². The Morgan fingerprint density at radius 1 is 1.35 bits per heavy atom. The molecule has 0 aromatic heterocycles. The van der Waals surface area contributed by atoms with E-state index >= 15 is 0 Å². The van der Waals surface area contributed by atoms with Gasteiger partial charge in [0.25, 0.3) is 0 Å². The maximum Gasteiger partial charge on any atom is 0.338 e. The molecule has 0 amide bonds. The lowest BCUT2D eigenvalue weighted by molar-refractivity contribution is 0.00474. The van der Waals surface area contributed by atoms with Crippen LogP contribution in [0.3, 0.4) is 0 Å². The first-order valence-electron chi connectivity index (χ1n) is 6.00. The Morgan fingerprint density at radius 2 is 2.12 bits per heavy atom. The molecule has 1 aromatic rings. The third-order valence-electron chi connectivity index (χ3n) is 2.65. The second-order valence-corrected chi connectivity index (χ2v) is 3.94. The lowest BCUT2D eigenvalue weighted by Crippen LogP contribution is -2.22. The van der Waals surface area contributed by atoms with Gasteiger partial charge in [0, 0.05) is 7.11 Å². The molecule has 17 heavy (non-hydrogen) atoms. The summed E-state index contributed by atoms with van der Waals surface area (Å²) >= 11 is 0. The van der Waals surface area contributed by atoms with Crippen molar-refractivity contribution in [1.82, 2.24) is 0 Å². The predicted molar refractivity (Wildman–Crippen MR) is 67.2 cm³/mol. The van der Waals surface area contributed by atoms with Gasteiger partial charge in [-0.1, -0.05) is 26.0 Å². The summed E-state index contributed by atoms with van der Waals surface area (Å²) in [7, 11) is 1.61. The van der Waals surface area contributed by atoms with Gasteiger partial charge in [0.15, 0.2) is 0 Å². The van der Waals surface area contributed by atoms with Crippen molar-refractivity contribution in [3.8, 4) is 0 Å². The maximum absolute atomic E-state index is 11.9. The van der Waals surface area contributed by atoms with Crippen molar-refractivity contribution < 1.29 is 14.3 Å². The summed E-state index contributed by atoms with van der Waals surface area (Å²) in [5.74, 6) is -0.274. The maximum atomic E-state index is 11.9. The Hall–Kier alpha value is -1.35. The number of esters is 1. The van der Waals surface area contributed by atoms with Crippen molar-refractivity contribution in [2.24, 2.45) is 0 Å². The molecule has 0 heterocycles. The molecule has 0 saturated heterocycles. The number of hydrogen-bond donors (Lipinski definition) is 0. The minimum absolute atomic E-state index is 0.169. The van der Waals surface area contributed by atoms with E-state index in [1.54, 1.807) is 13.2 Å². The van der Waals surface area contributed by atoms with Crippen molar-refractivity contribution in [3.05, 3.63) is 35.4 Å². The van der Waals surface area contributed by atoms with Gasteiger partial charge in [0.05, 0.1) is 12.2 Å². The molecule has 0 spiro atoms. The summed E-state index contributed by atoms with van der Waals surface area (Å²) in [4.78, 5) is 11.9. The molecule has 0 aliphatic heterocycles. The predicted octanol–water partition coefficient (Wildman–Crippen LogP) is 2.83. The molecule has 1 unspecified atom stereocenters. The second kappa shape index (κ2) is 7.07. The molecule has 0 aliphatic carbocycles. The molecule has 0 aliphatic rings. The number of methoxy groups -OCH3 is 1. The molecule has 1 atom stereocenters. The van der Waals surface area contributed by atoms with Crippen molar-refractivity contribution in [2.75, 3.05) is 13.7 Å². The summed E-state index contributed by atoms with van der Waals surface area (Å²) in [5.41, 5.74) is 1.75. The number of carbonyl (C=O) groups is 1. The molecular formula is C14H20O3. The third kappa shape index (κ3) is 4.19. The quantitative estimate of drug-likeness (QED) is 0.712. The Labute approximate surface area is 103 Å². The van der Waals surface area contributed by atoms with Crippen LogP contribution in [0, 0.1) is 0 Å². The van der Waals surface area contributed by atoms with Gasteiger partial charge >= 0.3 is 5.97 Å². The highest BCUT2D eigenvalue weighted by molar-refractivity contribution is 5.89. The highest BCUT2D eigenvalue weighted by Crippen LogP contribution is 2.10. The van der Waals surface area contributed by atoms with Crippen LogP contribution in [0.1, 0.15) is 36.2 Å². The van der Waals surface area contributed by atoms with Gasteiger partial charge in [-0.05, 0) is 30.5 Å². The fraction of sp³-hybridized carbons (Fsp3) is 0.500. The lowest BCUT2D eigenvalue weighted by atomic mass is 10.1. The molecule has 0 radical (unpaired) electrons. The largest absolute Gasteiger partial charge is 0.456 e. The van der Waals surface area contributed by atoms with E-state index in [9.17, 15) is 4.79 Å². The van der Waals surface area contributed by atoms with E-state index < -0.39 is 0 Å². The lowest BCUT2D eigenvalue weighted by Gasteiger charge is -2.15. The van der Waals surface area contributed by atoms with Gasteiger partial charge in [0.1, 0.15) is 6.10 Å². The Bertz CT molecular complexity index is 360. The van der Waals surface area contributed by atoms with Gasteiger partial charge in [0.2, 0.25) is 0 Å². The molecular weight excluding hydrogens is 216 g/mol. The average Bonchev–Trinajstić information content (AvgIpc) is 2.38. The molecule has 3 nitrogen and oxygen atoms in total. The topological polar surface area (TPSA) is 35.5 Å². The highest BCUT2D eigenvalue weighted by atomic mass is 16.6. The molecule has 1 rings (SSSR count). The van der Waals surface area contributed by atoms with Crippen LogP contribution in [-0.4, -0.2) is 25.8 Å². The molecule has 3 heteroatoms. The number of benzene rings is 1. The fourth-order valence-corrected chi connectivity index (χ4v) is 1.56. The second-order valence-electron chi connectivity index (χ2n) is 3.94. The molecule has 1 aromatic carbocycles. The molecule has 0 N–H and O–H groups in total. The van der Waals surface area contributed by atoms with E-state index in [0.29, 0.717) is 12.2 Å². The van der Waals surface area contributed by atoms with Crippen molar-refractivity contribution in [1.29, 1.82) is 0 Å². The van der Waals surface area contributed by atoms with Crippen molar-refractivity contribution in [3.63, 3.8) is 0 Å². The van der Waals surface area contributed by atoms with E-state index in [-0.39, 0.29) is 12.1 Å². The zero-order chi connectivity index (χ0) is 12.7. The smallest absolute Gasteiger partial charge is 0.338 e. The van der Waals surface area contributed by atoms with Gasteiger partial charge in [-0.2, -0.15) is 0 Å². The number of hydrogen-bond acceptors (Lipinski definition) is 3. The SMILES string of the molecule is CCc1cccc(C(=O)OC(CC)COC)c1. The fourth-order valence-electron chi connectivity index (χ4n) is 1.56. The van der Waals surface area contributed by atoms with Crippen molar-refractivity contribution in [2.45, 2.75) is 32.8 Å². The number of aryl methyl sites for hydroxylation is 1. The normalized spacial score (nSPS) is 12.2. The summed E-state index contributed by atoms with van der Waals surface area (Å²) in [5, 5.41) is 0. The van der Waals surface area contributed by atoms with Crippen LogP contribution in [0.5, 0.6) is 0 Å². The van der Waals surface area contributed by atoms with Crippen LogP contribution >= 0.6 is 0 Å². The van der Waals surface area contributed by atoms with E-state index in [0.717, 1.165) is 18.4 Å². The summed E-state index contributed by atoms with van der Waals surface area (Å²) in [6.45, 7) is 4.47. The standard InChI is InChI=1S/C14H20O3/c1-4-11-7-6-8-12(9-11)14(15)17-13(5-2)10-16-3/h6-9,13H,4-5,10H2,1-3H3. The zero-order valence-electron chi connectivity index (χ0n) is 10.7. The zero-order valence-corrected chi connectivity index (χ0v) is 10.7. The summed E-state index contributed by atoms with van der Waals surface area (Å²) < 4.78 is 10.4. The van der Waals surface area contributed by atoms with Crippen LogP contribution in [0.25, 0.3) is 0 Å². The minimum Gasteiger partial charge on any atom is -0.456 e. The first kappa shape index (κ1) is 13.7. The van der Waals surface area contributed by atoms with Gasteiger partial charge in [-0.25, -0.2) is 4.79 Å². The Morgan fingerprint density at radius 3 is 2.71 bits per heavy atom. The van der Waals surface area contributed by atoms with Gasteiger partial charge in [-0.3, -0.25) is 0 Å². The van der Waals surface area contributed by atoms with E-state index in [1.165, 1.54) is 0 Å². The number of carbonyl (C=O) groups excluding carboxylic acids is 1. The van der Waals surface area contributed by atoms with Crippen LogP contribution in [-0.2, 0) is 15.9 Å². The monoisotopic (exact) mass is 236 g/mol. The Kier molecular flexibility index (Phi) is 5.70. The molecule has 94 valence electrons. The first-order chi connectivity index (χ1) is 8.21. The van der Waals surface area contributed by atoms with Crippen LogP contribution < -0.4 is 0 Å². The molecule has 0 saturated carbocycles. The molecule has 0 fully saturated rings. The van der Waals surface area contributed by atoms with Gasteiger partial charge in [-0.15, -0.1) is 0 Å². The van der Waals surface area contributed by atoms with E-state index in [1.807, 2.05) is 25.1 Å². The van der Waals surface area contributed by atoms with Crippen LogP contribution in [0.2, 0.25) is 0 Å². The van der Waals surface area contributed by atoms with E-state index in [2.05, 4.69) is 6.92 Å².